The summed E-state index contributed by atoms with van der Waals surface area (Å²) in [5.74, 6) is 0.711. The number of rotatable bonds is 6. The minimum atomic E-state index is 0.132. The number of piperidine rings is 2. The summed E-state index contributed by atoms with van der Waals surface area (Å²) < 4.78 is 0. The van der Waals surface area contributed by atoms with Crippen molar-refractivity contribution in [2.24, 2.45) is 11.3 Å². The van der Waals surface area contributed by atoms with Crippen LogP contribution in [0.5, 0.6) is 0 Å². The monoisotopic (exact) mass is 360 g/mol. The van der Waals surface area contributed by atoms with Gasteiger partial charge in [0.15, 0.2) is 0 Å². The van der Waals surface area contributed by atoms with Crippen molar-refractivity contribution < 1.29 is 9.59 Å². The number of H-pyrrole nitrogens is 1. The molecule has 1 aromatic heterocycles. The molecule has 2 fully saturated rings. The number of imidazole rings is 1. The summed E-state index contributed by atoms with van der Waals surface area (Å²) in [5, 5.41) is 0. The molecule has 1 N–H and O–H groups in total. The van der Waals surface area contributed by atoms with Crippen molar-refractivity contribution in [3.05, 3.63) is 18.2 Å². The van der Waals surface area contributed by atoms with Crippen LogP contribution in [0.15, 0.2) is 12.5 Å². The molecular weight excluding hydrogens is 328 g/mol. The Hall–Kier alpha value is -1.85. The van der Waals surface area contributed by atoms with Crippen LogP contribution in [0.3, 0.4) is 0 Å². The van der Waals surface area contributed by atoms with Crippen LogP contribution in [0.2, 0.25) is 0 Å². The fourth-order valence-corrected chi connectivity index (χ4v) is 4.46. The van der Waals surface area contributed by atoms with Crippen molar-refractivity contribution in [1.29, 1.82) is 0 Å². The summed E-state index contributed by atoms with van der Waals surface area (Å²) in [6.45, 7) is 7.45. The molecular formula is C20H32N4O2. The van der Waals surface area contributed by atoms with Crippen LogP contribution >= 0.6 is 0 Å². The van der Waals surface area contributed by atoms with Crippen molar-refractivity contribution in [2.45, 2.75) is 58.8 Å². The standard InChI is InChI=1S/C20H32N4O2/c1-3-4-16(2)19(26)23-11-8-20(9-12-23)7-5-18(25)24(14-20)10-6-17-13-21-15-22-17/h13,15-16H,3-12,14H2,1-2H3,(H,21,22). The summed E-state index contributed by atoms with van der Waals surface area (Å²) in [6, 6.07) is 0. The van der Waals surface area contributed by atoms with Crippen LogP contribution < -0.4 is 0 Å². The van der Waals surface area contributed by atoms with E-state index in [4.69, 9.17) is 0 Å². The third kappa shape index (κ3) is 4.27. The molecule has 1 aromatic rings. The molecule has 3 heterocycles. The highest BCUT2D eigenvalue weighted by Crippen LogP contribution is 2.40. The number of hydrogen-bond donors (Lipinski definition) is 1. The highest BCUT2D eigenvalue weighted by molar-refractivity contribution is 5.79. The Labute approximate surface area is 156 Å². The van der Waals surface area contributed by atoms with Crippen LogP contribution in [0, 0.1) is 11.3 Å². The Bertz CT molecular complexity index is 605. The average molecular weight is 361 g/mol. The Morgan fingerprint density at radius 2 is 2.12 bits per heavy atom. The Morgan fingerprint density at radius 3 is 2.77 bits per heavy atom. The number of likely N-dealkylation sites (tertiary alicyclic amines) is 2. The van der Waals surface area contributed by atoms with Crippen molar-refractivity contribution in [2.75, 3.05) is 26.2 Å². The van der Waals surface area contributed by atoms with E-state index < -0.39 is 0 Å². The number of carbonyl (C=O) groups is 2. The molecule has 0 saturated carbocycles. The first-order chi connectivity index (χ1) is 12.5. The lowest BCUT2D eigenvalue weighted by molar-refractivity contribution is -0.144. The average Bonchev–Trinajstić information content (AvgIpc) is 3.16. The van der Waals surface area contributed by atoms with Gasteiger partial charge in [-0.3, -0.25) is 9.59 Å². The molecule has 6 heteroatoms. The molecule has 6 nitrogen and oxygen atoms in total. The van der Waals surface area contributed by atoms with Gasteiger partial charge in [0.25, 0.3) is 0 Å². The molecule has 1 unspecified atom stereocenters. The van der Waals surface area contributed by atoms with Crippen LogP contribution in [-0.4, -0.2) is 57.8 Å². The molecule has 0 aromatic carbocycles. The molecule has 3 rings (SSSR count). The minimum Gasteiger partial charge on any atom is -0.348 e. The molecule has 2 amide bonds. The van der Waals surface area contributed by atoms with Gasteiger partial charge in [0, 0.05) is 56.8 Å². The van der Waals surface area contributed by atoms with Gasteiger partial charge in [0.1, 0.15) is 0 Å². The van der Waals surface area contributed by atoms with E-state index in [0.717, 1.165) is 70.4 Å². The maximum absolute atomic E-state index is 12.6. The molecule has 1 atom stereocenters. The quantitative estimate of drug-likeness (QED) is 0.848. The fraction of sp³-hybridized carbons (Fsp3) is 0.750. The predicted octanol–water partition coefficient (Wildman–Crippen LogP) is 2.62. The molecule has 0 bridgehead atoms. The van der Waals surface area contributed by atoms with Crippen molar-refractivity contribution >= 4 is 11.8 Å². The third-order valence-electron chi connectivity index (χ3n) is 6.23. The summed E-state index contributed by atoms with van der Waals surface area (Å²) in [4.78, 5) is 36.1. The van der Waals surface area contributed by atoms with Crippen LogP contribution in [0.1, 0.15) is 58.1 Å². The number of aromatic amines is 1. The number of amides is 2. The maximum atomic E-state index is 12.6. The van der Waals surface area contributed by atoms with Crippen LogP contribution in [-0.2, 0) is 16.0 Å². The molecule has 2 saturated heterocycles. The van der Waals surface area contributed by atoms with E-state index in [1.807, 2.05) is 18.0 Å². The maximum Gasteiger partial charge on any atom is 0.225 e. The fourth-order valence-electron chi connectivity index (χ4n) is 4.46. The lowest BCUT2D eigenvalue weighted by Gasteiger charge is -2.47. The summed E-state index contributed by atoms with van der Waals surface area (Å²) >= 11 is 0. The molecule has 26 heavy (non-hydrogen) atoms. The van der Waals surface area contributed by atoms with Crippen LogP contribution in [0.25, 0.3) is 0 Å². The lowest BCUT2D eigenvalue weighted by Crippen LogP contribution is -2.53. The normalized spacial score (nSPS) is 21.2. The number of nitrogens with zero attached hydrogens (tertiary/aromatic N) is 3. The lowest BCUT2D eigenvalue weighted by atomic mass is 9.72. The van der Waals surface area contributed by atoms with E-state index in [2.05, 4.69) is 21.8 Å². The van der Waals surface area contributed by atoms with E-state index in [0.29, 0.717) is 12.3 Å². The third-order valence-corrected chi connectivity index (χ3v) is 6.23. The second-order valence-electron chi connectivity index (χ2n) is 8.16. The van der Waals surface area contributed by atoms with Gasteiger partial charge in [-0.1, -0.05) is 20.3 Å². The van der Waals surface area contributed by atoms with E-state index in [1.165, 1.54) is 0 Å². The summed E-state index contributed by atoms with van der Waals surface area (Å²) in [5.41, 5.74) is 1.27. The first kappa shape index (κ1) is 18.9. The topological polar surface area (TPSA) is 69.3 Å². The van der Waals surface area contributed by atoms with Gasteiger partial charge in [-0.25, -0.2) is 4.98 Å². The van der Waals surface area contributed by atoms with Gasteiger partial charge in [-0.2, -0.15) is 0 Å². The zero-order chi connectivity index (χ0) is 18.6. The first-order valence-corrected chi connectivity index (χ1v) is 10.1. The number of nitrogens with one attached hydrogen (secondary N) is 1. The summed E-state index contributed by atoms with van der Waals surface area (Å²) in [6.07, 6.45) is 10.0. The predicted molar refractivity (Wildman–Crippen MR) is 100 cm³/mol. The Balaban J connectivity index is 1.54. The van der Waals surface area contributed by atoms with Gasteiger partial charge in [0.2, 0.25) is 11.8 Å². The van der Waals surface area contributed by atoms with Crippen molar-refractivity contribution in [3.63, 3.8) is 0 Å². The zero-order valence-electron chi connectivity index (χ0n) is 16.2. The van der Waals surface area contributed by atoms with E-state index in [1.54, 1.807) is 6.33 Å². The molecule has 0 aliphatic carbocycles. The number of hydrogen-bond acceptors (Lipinski definition) is 3. The largest absolute Gasteiger partial charge is 0.348 e. The van der Waals surface area contributed by atoms with E-state index >= 15 is 0 Å². The molecule has 0 radical (unpaired) electrons. The van der Waals surface area contributed by atoms with E-state index in [9.17, 15) is 9.59 Å². The molecule has 2 aliphatic heterocycles. The van der Waals surface area contributed by atoms with Crippen molar-refractivity contribution in [1.82, 2.24) is 19.8 Å². The Kier molecular flexibility index (Phi) is 5.99. The highest BCUT2D eigenvalue weighted by atomic mass is 16.2. The SMILES string of the molecule is CCCC(C)C(=O)N1CCC2(CCC(=O)N(CCc3cnc[nH]3)C2)CC1. The second-order valence-corrected chi connectivity index (χ2v) is 8.16. The number of carbonyl (C=O) groups excluding carboxylic acids is 2. The van der Waals surface area contributed by atoms with E-state index in [-0.39, 0.29) is 17.2 Å². The molecule has 1 spiro atoms. The smallest absolute Gasteiger partial charge is 0.225 e. The molecule has 2 aliphatic rings. The first-order valence-electron chi connectivity index (χ1n) is 10.1. The summed E-state index contributed by atoms with van der Waals surface area (Å²) in [7, 11) is 0. The highest BCUT2D eigenvalue weighted by Gasteiger charge is 2.41. The molecule has 144 valence electrons. The van der Waals surface area contributed by atoms with Gasteiger partial charge >= 0.3 is 0 Å². The van der Waals surface area contributed by atoms with Gasteiger partial charge in [-0.15, -0.1) is 0 Å². The minimum absolute atomic E-state index is 0.132. The van der Waals surface area contributed by atoms with Crippen molar-refractivity contribution in [3.8, 4) is 0 Å². The van der Waals surface area contributed by atoms with Gasteiger partial charge in [-0.05, 0) is 31.1 Å². The van der Waals surface area contributed by atoms with Gasteiger partial charge in [0.05, 0.1) is 6.33 Å². The van der Waals surface area contributed by atoms with Crippen LogP contribution in [0.4, 0.5) is 0 Å². The number of aromatic nitrogens is 2. The zero-order valence-corrected chi connectivity index (χ0v) is 16.2. The van der Waals surface area contributed by atoms with Gasteiger partial charge < -0.3 is 14.8 Å². The Morgan fingerprint density at radius 1 is 1.35 bits per heavy atom. The second kappa shape index (κ2) is 8.23.